The Kier molecular flexibility index (Phi) is 8.92. The fourth-order valence-corrected chi connectivity index (χ4v) is 6.14. The fourth-order valence-electron chi connectivity index (χ4n) is 6.14. The first-order valence-corrected chi connectivity index (χ1v) is 13.4. The number of rotatable bonds is 9. The first-order valence-electron chi connectivity index (χ1n) is 13.4. The van der Waals surface area contributed by atoms with Gasteiger partial charge >= 0.3 is 12.1 Å². The number of esters is 1. The summed E-state index contributed by atoms with van der Waals surface area (Å²) in [4.78, 5) is 56.7. The third-order valence-corrected chi connectivity index (χ3v) is 8.43. The lowest BCUT2D eigenvalue weighted by Crippen LogP contribution is -2.67. The molecule has 0 aliphatic heterocycles. The van der Waals surface area contributed by atoms with E-state index in [9.17, 15) is 32.3 Å². The van der Waals surface area contributed by atoms with Gasteiger partial charge in [0.25, 0.3) is 0 Å². The summed E-state index contributed by atoms with van der Waals surface area (Å²) >= 11 is 0. The van der Waals surface area contributed by atoms with Crippen LogP contribution in [0, 0.1) is 22.2 Å². The highest BCUT2D eigenvalue weighted by molar-refractivity contribution is 6.35. The van der Waals surface area contributed by atoms with Gasteiger partial charge in [0.1, 0.15) is 11.3 Å². The molecule has 2 bridgehead atoms. The maximum atomic E-state index is 14.8. The Morgan fingerprint density at radius 3 is 2.05 bits per heavy atom. The molecule has 0 saturated heterocycles. The lowest BCUT2D eigenvalue weighted by Gasteiger charge is -2.60. The number of methoxy groups -OCH3 is 1. The second-order valence-electron chi connectivity index (χ2n) is 11.9. The lowest BCUT2D eigenvalue weighted by molar-refractivity contribution is -0.200. The van der Waals surface area contributed by atoms with Crippen molar-refractivity contribution in [1.82, 2.24) is 0 Å². The number of ketones is 3. The van der Waals surface area contributed by atoms with Gasteiger partial charge in [-0.1, -0.05) is 67.5 Å². The van der Waals surface area contributed by atoms with E-state index in [1.807, 2.05) is 13.8 Å². The molecule has 1 saturated carbocycles. The van der Waals surface area contributed by atoms with Gasteiger partial charge in [-0.25, -0.2) is 0 Å². The van der Waals surface area contributed by atoms with E-state index >= 15 is 0 Å². The summed E-state index contributed by atoms with van der Waals surface area (Å²) in [7, 11) is 1.25. The van der Waals surface area contributed by atoms with E-state index in [0.29, 0.717) is 0 Å². The molecule has 9 heteroatoms. The molecular weight excluding hydrogens is 537 g/mol. The fraction of sp³-hybridized carbons (Fsp3) is 0.500. The SMILES string of the molecule is COC1=C(C(=O)c2ccccc2)C(=O)[C@]2(CC=C(C)C)C[C@H](C(=O)OCC(F)(F)F)C(C)(C)[C@@]1(CC=C(C)C)C2=O. The number of Topliss-reactive ketones (excluding diaryl/α,β-unsaturated/α-hetero) is 3. The second kappa shape index (κ2) is 11.4. The first kappa shape index (κ1) is 32.0. The van der Waals surface area contributed by atoms with Gasteiger partial charge in [0.15, 0.2) is 24.0 Å². The maximum absolute atomic E-state index is 14.8. The second-order valence-corrected chi connectivity index (χ2v) is 11.9. The summed E-state index contributed by atoms with van der Waals surface area (Å²) < 4.78 is 49.7. The zero-order chi connectivity index (χ0) is 31.0. The van der Waals surface area contributed by atoms with Crippen molar-refractivity contribution in [3.8, 4) is 0 Å². The van der Waals surface area contributed by atoms with Crippen molar-refractivity contribution in [1.29, 1.82) is 0 Å². The standard InChI is InChI=1S/C32H37F3O6/c1-19(2)13-15-30-17-22(27(38)41-18-32(33,34)35)29(5,6)31(28(30)39,16-14-20(3)4)26(40-7)23(25(30)37)24(36)21-11-9-8-10-12-21/h8-14,22H,15-18H2,1-7H3/t22-,30+,31-/m1/s1. The Bertz CT molecular complexity index is 1330. The molecule has 6 nitrogen and oxygen atoms in total. The number of hydrogen-bond donors (Lipinski definition) is 0. The van der Waals surface area contributed by atoms with Crippen molar-refractivity contribution in [3.63, 3.8) is 0 Å². The molecule has 1 aromatic carbocycles. The Labute approximate surface area is 238 Å². The van der Waals surface area contributed by atoms with Crippen molar-refractivity contribution in [3.05, 3.63) is 70.5 Å². The molecule has 3 rings (SSSR count). The molecule has 2 aliphatic rings. The highest BCUT2D eigenvalue weighted by Crippen LogP contribution is 2.67. The quantitative estimate of drug-likeness (QED) is 0.107. The van der Waals surface area contributed by atoms with Crippen LogP contribution in [0.5, 0.6) is 0 Å². The van der Waals surface area contributed by atoms with E-state index in [1.54, 1.807) is 70.2 Å². The van der Waals surface area contributed by atoms with E-state index in [4.69, 9.17) is 9.47 Å². The minimum absolute atomic E-state index is 0.0389. The van der Waals surface area contributed by atoms with Gasteiger partial charge in [0.05, 0.1) is 23.9 Å². The molecule has 0 heterocycles. The molecule has 0 N–H and O–H groups in total. The van der Waals surface area contributed by atoms with Crippen molar-refractivity contribution in [2.24, 2.45) is 22.2 Å². The number of carbonyl (C=O) groups excluding carboxylic acids is 4. The normalized spacial score (nSPS) is 25.4. The predicted octanol–water partition coefficient (Wildman–Crippen LogP) is 6.76. The lowest BCUT2D eigenvalue weighted by atomic mass is 9.40. The maximum Gasteiger partial charge on any atom is 0.422 e. The molecule has 222 valence electrons. The Balaban J connectivity index is 2.44. The van der Waals surface area contributed by atoms with Gasteiger partial charge < -0.3 is 9.47 Å². The van der Waals surface area contributed by atoms with E-state index in [1.165, 1.54) is 7.11 Å². The topological polar surface area (TPSA) is 86.7 Å². The summed E-state index contributed by atoms with van der Waals surface area (Å²) in [5, 5.41) is 0. The van der Waals surface area contributed by atoms with Crippen LogP contribution in [0.4, 0.5) is 13.2 Å². The number of fused-ring (bicyclic) bond motifs is 2. The van der Waals surface area contributed by atoms with Crippen LogP contribution in [-0.4, -0.2) is 43.2 Å². The van der Waals surface area contributed by atoms with Gasteiger partial charge in [-0.2, -0.15) is 13.2 Å². The molecule has 0 radical (unpaired) electrons. The molecule has 1 fully saturated rings. The summed E-state index contributed by atoms with van der Waals surface area (Å²) in [6, 6.07) is 8.12. The van der Waals surface area contributed by atoms with E-state index in [0.717, 1.165) is 11.1 Å². The summed E-state index contributed by atoms with van der Waals surface area (Å²) in [6.07, 6.45) is -1.90. The number of halogens is 3. The molecule has 3 atom stereocenters. The van der Waals surface area contributed by atoms with Gasteiger partial charge in [0.2, 0.25) is 0 Å². The first-order chi connectivity index (χ1) is 19.0. The van der Waals surface area contributed by atoms with Gasteiger partial charge in [-0.3, -0.25) is 19.2 Å². The highest BCUT2D eigenvalue weighted by Gasteiger charge is 2.74. The van der Waals surface area contributed by atoms with Crippen LogP contribution in [0.1, 0.15) is 71.2 Å². The molecule has 41 heavy (non-hydrogen) atoms. The molecule has 0 spiro atoms. The van der Waals surface area contributed by atoms with Gasteiger partial charge in [0, 0.05) is 5.56 Å². The van der Waals surface area contributed by atoms with Crippen LogP contribution in [0.2, 0.25) is 0 Å². The van der Waals surface area contributed by atoms with E-state index in [2.05, 4.69) is 0 Å². The smallest absolute Gasteiger partial charge is 0.422 e. The molecule has 0 unspecified atom stereocenters. The van der Waals surface area contributed by atoms with Crippen LogP contribution < -0.4 is 0 Å². The minimum atomic E-state index is -4.76. The van der Waals surface area contributed by atoms with Crippen molar-refractivity contribution in [2.75, 3.05) is 13.7 Å². The number of ether oxygens (including phenoxy) is 2. The van der Waals surface area contributed by atoms with Crippen LogP contribution in [-0.2, 0) is 23.9 Å². The summed E-state index contributed by atoms with van der Waals surface area (Å²) in [6.45, 7) is 8.55. The number of hydrogen-bond acceptors (Lipinski definition) is 6. The average Bonchev–Trinajstić information content (AvgIpc) is 2.89. The summed E-state index contributed by atoms with van der Waals surface area (Å²) in [5.74, 6) is -4.58. The predicted molar refractivity (Wildman–Crippen MR) is 147 cm³/mol. The van der Waals surface area contributed by atoms with E-state index < -0.39 is 64.7 Å². The van der Waals surface area contributed by atoms with Gasteiger partial charge in [-0.15, -0.1) is 0 Å². The van der Waals surface area contributed by atoms with Crippen LogP contribution in [0.3, 0.4) is 0 Å². The third-order valence-electron chi connectivity index (χ3n) is 8.43. The molecule has 0 amide bonds. The van der Waals surface area contributed by atoms with Crippen molar-refractivity contribution in [2.45, 2.75) is 67.0 Å². The van der Waals surface area contributed by atoms with Crippen molar-refractivity contribution < 1.29 is 41.8 Å². The number of carbonyl (C=O) groups is 4. The van der Waals surface area contributed by atoms with Crippen LogP contribution >= 0.6 is 0 Å². The average molecular weight is 575 g/mol. The zero-order valence-electron chi connectivity index (χ0n) is 24.5. The Morgan fingerprint density at radius 1 is 0.976 bits per heavy atom. The number of benzene rings is 1. The highest BCUT2D eigenvalue weighted by atomic mass is 19.4. The Hall–Kier alpha value is -3.49. The summed E-state index contributed by atoms with van der Waals surface area (Å²) in [5.41, 5.74) is -3.50. The van der Waals surface area contributed by atoms with E-state index in [-0.39, 0.29) is 29.7 Å². The van der Waals surface area contributed by atoms with Crippen LogP contribution in [0.25, 0.3) is 0 Å². The number of alkyl halides is 3. The minimum Gasteiger partial charge on any atom is -0.499 e. The zero-order valence-corrected chi connectivity index (χ0v) is 24.5. The van der Waals surface area contributed by atoms with Gasteiger partial charge in [-0.05, 0) is 52.4 Å². The Morgan fingerprint density at radius 2 is 1.54 bits per heavy atom. The van der Waals surface area contributed by atoms with Crippen LogP contribution in [0.15, 0.2) is 65.0 Å². The third kappa shape index (κ3) is 5.55. The molecular formula is C32H37F3O6. The molecule has 2 aliphatic carbocycles. The van der Waals surface area contributed by atoms with Crippen molar-refractivity contribution >= 4 is 23.3 Å². The largest absolute Gasteiger partial charge is 0.499 e. The molecule has 1 aromatic rings. The number of allylic oxidation sites excluding steroid dienone is 6. The monoisotopic (exact) mass is 574 g/mol. The molecule has 0 aromatic heterocycles.